The van der Waals surface area contributed by atoms with E-state index in [-0.39, 0.29) is 11.7 Å². The van der Waals surface area contributed by atoms with Gasteiger partial charge in [0, 0.05) is 13.0 Å². The highest BCUT2D eigenvalue weighted by Gasteiger charge is 2.36. The summed E-state index contributed by atoms with van der Waals surface area (Å²) in [4.78, 5) is 13.9. The monoisotopic (exact) mass is 524 g/mol. The van der Waals surface area contributed by atoms with E-state index in [1.165, 1.54) is 0 Å². The van der Waals surface area contributed by atoms with Gasteiger partial charge in [-0.05, 0) is 93.1 Å². The molecule has 0 aromatic heterocycles. The van der Waals surface area contributed by atoms with Crippen molar-refractivity contribution in [1.82, 2.24) is 4.90 Å². The van der Waals surface area contributed by atoms with Crippen LogP contribution in [-0.4, -0.2) is 59.3 Å². The molecule has 0 bridgehead atoms. The Balaban J connectivity index is 2.12. The molecule has 0 heterocycles. The number of rotatable bonds is 16. The number of ketones is 1. The summed E-state index contributed by atoms with van der Waals surface area (Å²) in [6.07, 6.45) is 3.62. The van der Waals surface area contributed by atoms with Crippen LogP contribution in [0, 0.1) is 17.2 Å². The Morgan fingerprint density at radius 1 is 0.895 bits per heavy atom. The van der Waals surface area contributed by atoms with Gasteiger partial charge < -0.3 is 28.6 Å². The molecule has 2 rings (SSSR count). The Kier molecular flexibility index (Phi) is 11.9. The lowest BCUT2D eigenvalue weighted by atomic mass is 9.69. The molecule has 0 radical (unpaired) electrons. The van der Waals surface area contributed by atoms with Gasteiger partial charge in [-0.3, -0.25) is 0 Å². The standard InChI is InChI=1S/C31H44N2O5/c1-22(2)31(21-32,26-12-13-27(35-5)30(20-26)38-8)15-9-16-33(4)17-14-25-19-29(37-7)28(36-6)18-24(25)11-10-23(3)34/h12-13,18-20,22H,9-11,14-17H2,1-8H3. The van der Waals surface area contributed by atoms with Crippen LogP contribution in [-0.2, 0) is 23.1 Å². The number of likely N-dealkylation sites (N-methyl/N-ethyl adjacent to an activating group) is 1. The number of nitriles is 1. The second-order valence-corrected chi connectivity index (χ2v) is 10.1. The van der Waals surface area contributed by atoms with Crippen LogP contribution in [0.1, 0.15) is 56.7 Å². The van der Waals surface area contributed by atoms with Crippen LogP contribution >= 0.6 is 0 Å². The summed E-state index contributed by atoms with van der Waals surface area (Å²) in [6.45, 7) is 7.53. The number of aryl methyl sites for hydroxylation is 1. The van der Waals surface area contributed by atoms with Crippen molar-refractivity contribution in [2.45, 2.75) is 58.3 Å². The smallest absolute Gasteiger partial charge is 0.161 e. The lowest BCUT2D eigenvalue weighted by Gasteiger charge is -2.32. The maximum absolute atomic E-state index is 11.6. The normalized spacial score (nSPS) is 12.7. The third-order valence-corrected chi connectivity index (χ3v) is 7.41. The fourth-order valence-corrected chi connectivity index (χ4v) is 4.92. The Hall–Kier alpha value is -3.24. The number of methoxy groups -OCH3 is 4. The maximum Gasteiger partial charge on any atom is 0.161 e. The lowest BCUT2D eigenvalue weighted by Crippen LogP contribution is -2.32. The van der Waals surface area contributed by atoms with Crippen LogP contribution in [0.4, 0.5) is 0 Å². The number of carbonyl (C=O) groups excluding carboxylic acids is 1. The molecule has 7 nitrogen and oxygen atoms in total. The number of ether oxygens (including phenoxy) is 4. The van der Waals surface area contributed by atoms with Gasteiger partial charge in [0.1, 0.15) is 5.78 Å². The molecular weight excluding hydrogens is 480 g/mol. The molecule has 208 valence electrons. The quantitative estimate of drug-likeness (QED) is 0.282. The molecule has 0 aliphatic carbocycles. The molecule has 1 unspecified atom stereocenters. The van der Waals surface area contributed by atoms with E-state index in [2.05, 4.69) is 31.9 Å². The van der Waals surface area contributed by atoms with Crippen LogP contribution in [0.5, 0.6) is 23.0 Å². The summed E-state index contributed by atoms with van der Waals surface area (Å²) in [5.74, 6) is 2.97. The van der Waals surface area contributed by atoms with Crippen LogP contribution in [0.25, 0.3) is 0 Å². The first kappa shape index (κ1) is 31.0. The molecule has 0 N–H and O–H groups in total. The molecule has 0 aliphatic heterocycles. The molecule has 0 spiro atoms. The third-order valence-electron chi connectivity index (χ3n) is 7.41. The zero-order valence-corrected chi connectivity index (χ0v) is 24.3. The van der Waals surface area contributed by atoms with Crippen LogP contribution in [0.3, 0.4) is 0 Å². The zero-order chi connectivity index (χ0) is 28.3. The molecule has 1 atom stereocenters. The van der Waals surface area contributed by atoms with Crippen molar-refractivity contribution in [1.29, 1.82) is 5.26 Å². The van der Waals surface area contributed by atoms with E-state index >= 15 is 0 Å². The molecule has 2 aromatic rings. The van der Waals surface area contributed by atoms with E-state index in [1.807, 2.05) is 30.3 Å². The number of benzene rings is 2. The van der Waals surface area contributed by atoms with Gasteiger partial charge in [-0.2, -0.15) is 5.26 Å². The minimum atomic E-state index is -0.621. The number of nitrogens with zero attached hydrogens (tertiary/aromatic N) is 2. The van der Waals surface area contributed by atoms with E-state index in [0.717, 1.165) is 49.0 Å². The van der Waals surface area contributed by atoms with E-state index in [9.17, 15) is 10.1 Å². The van der Waals surface area contributed by atoms with Crippen molar-refractivity contribution < 1.29 is 23.7 Å². The summed E-state index contributed by atoms with van der Waals surface area (Å²) in [5, 5.41) is 10.3. The predicted octanol–water partition coefficient (Wildman–Crippen LogP) is 5.61. The number of hydrogen-bond donors (Lipinski definition) is 0. The molecule has 0 aliphatic rings. The fraction of sp³-hybridized carbons (Fsp3) is 0.548. The molecule has 38 heavy (non-hydrogen) atoms. The summed E-state index contributed by atoms with van der Waals surface area (Å²) in [6, 6.07) is 12.4. The van der Waals surface area contributed by atoms with Crippen LogP contribution < -0.4 is 18.9 Å². The Morgan fingerprint density at radius 2 is 1.45 bits per heavy atom. The van der Waals surface area contributed by atoms with Crippen molar-refractivity contribution in [3.05, 3.63) is 47.0 Å². The largest absolute Gasteiger partial charge is 0.493 e. The summed E-state index contributed by atoms with van der Waals surface area (Å²) >= 11 is 0. The Labute approximate surface area is 228 Å². The van der Waals surface area contributed by atoms with Crippen molar-refractivity contribution >= 4 is 5.78 Å². The Bertz CT molecular complexity index is 1110. The van der Waals surface area contributed by atoms with E-state index in [1.54, 1.807) is 35.4 Å². The Morgan fingerprint density at radius 3 is 1.95 bits per heavy atom. The van der Waals surface area contributed by atoms with Crippen molar-refractivity contribution in [2.24, 2.45) is 5.92 Å². The molecule has 0 amide bonds. The molecule has 0 saturated heterocycles. The second-order valence-electron chi connectivity index (χ2n) is 10.1. The zero-order valence-electron chi connectivity index (χ0n) is 24.3. The summed E-state index contributed by atoms with van der Waals surface area (Å²) < 4.78 is 21.9. The first-order valence-electron chi connectivity index (χ1n) is 13.2. The highest BCUT2D eigenvalue weighted by atomic mass is 16.5. The van der Waals surface area contributed by atoms with Gasteiger partial charge in [-0.1, -0.05) is 19.9 Å². The first-order valence-corrected chi connectivity index (χ1v) is 13.2. The van der Waals surface area contributed by atoms with Gasteiger partial charge in [0.2, 0.25) is 0 Å². The highest BCUT2D eigenvalue weighted by Crippen LogP contribution is 2.40. The highest BCUT2D eigenvalue weighted by molar-refractivity contribution is 5.75. The molecule has 0 saturated carbocycles. The molecule has 0 fully saturated rings. The average molecular weight is 525 g/mol. The van der Waals surface area contributed by atoms with E-state index in [4.69, 9.17) is 18.9 Å². The average Bonchev–Trinajstić information content (AvgIpc) is 2.92. The number of Topliss-reactive ketones (excluding diaryl/α,β-unsaturated/α-hetero) is 1. The minimum Gasteiger partial charge on any atom is -0.493 e. The third kappa shape index (κ3) is 7.64. The topological polar surface area (TPSA) is 81.0 Å². The van der Waals surface area contributed by atoms with Crippen LogP contribution in [0.2, 0.25) is 0 Å². The van der Waals surface area contributed by atoms with Crippen molar-refractivity contribution in [3.63, 3.8) is 0 Å². The van der Waals surface area contributed by atoms with Gasteiger partial charge in [-0.15, -0.1) is 0 Å². The van der Waals surface area contributed by atoms with Gasteiger partial charge in [-0.25, -0.2) is 0 Å². The second kappa shape index (κ2) is 14.6. The fourth-order valence-electron chi connectivity index (χ4n) is 4.92. The van der Waals surface area contributed by atoms with Crippen molar-refractivity contribution in [3.8, 4) is 29.1 Å². The summed E-state index contributed by atoms with van der Waals surface area (Å²) in [5.41, 5.74) is 2.61. The molecular formula is C31H44N2O5. The van der Waals surface area contributed by atoms with Crippen molar-refractivity contribution in [2.75, 3.05) is 48.6 Å². The SMILES string of the molecule is COc1ccc(C(C#N)(CCCN(C)CCc2cc(OC)c(OC)cc2CCC(C)=O)C(C)C)cc1OC. The lowest BCUT2D eigenvalue weighted by molar-refractivity contribution is -0.116. The van der Waals surface area contributed by atoms with Gasteiger partial charge in [0.05, 0.1) is 39.9 Å². The molecule has 2 aromatic carbocycles. The van der Waals surface area contributed by atoms with Gasteiger partial charge >= 0.3 is 0 Å². The predicted molar refractivity (Wildman–Crippen MR) is 151 cm³/mol. The van der Waals surface area contributed by atoms with E-state index < -0.39 is 5.41 Å². The minimum absolute atomic E-state index is 0.131. The van der Waals surface area contributed by atoms with Crippen LogP contribution in [0.15, 0.2) is 30.3 Å². The first-order chi connectivity index (χ1) is 18.1. The van der Waals surface area contributed by atoms with Gasteiger partial charge in [0.15, 0.2) is 23.0 Å². The molecule has 7 heteroatoms. The number of carbonyl (C=O) groups is 1. The summed E-state index contributed by atoms with van der Waals surface area (Å²) in [7, 11) is 8.60. The van der Waals surface area contributed by atoms with E-state index in [0.29, 0.717) is 35.8 Å². The number of hydrogen-bond acceptors (Lipinski definition) is 7. The maximum atomic E-state index is 11.6. The van der Waals surface area contributed by atoms with Gasteiger partial charge in [0.25, 0.3) is 0 Å².